The highest BCUT2D eigenvalue weighted by Gasteiger charge is 2.35. The molecular formula is C22H29FN2O. The lowest BCUT2D eigenvalue weighted by Gasteiger charge is -2.33. The van der Waals surface area contributed by atoms with Gasteiger partial charge in [-0.05, 0) is 49.1 Å². The molecule has 0 radical (unpaired) electrons. The summed E-state index contributed by atoms with van der Waals surface area (Å²) in [6.07, 6.45) is 1.10. The molecule has 2 aromatic rings. The van der Waals surface area contributed by atoms with E-state index in [9.17, 15) is 4.39 Å². The number of aliphatic hydroxyl groups is 1. The molecule has 1 aliphatic heterocycles. The molecule has 1 saturated heterocycles. The maximum atomic E-state index is 13.3. The smallest absolute Gasteiger partial charge is 0.123 e. The second kappa shape index (κ2) is 8.76. The van der Waals surface area contributed by atoms with Crippen LogP contribution in [0.3, 0.4) is 0 Å². The summed E-state index contributed by atoms with van der Waals surface area (Å²) in [7, 11) is 0. The standard InChI is InChI=1S/C20H23FN2.C2H6O/c1-14-2-7-17-19(12-14)18(15-3-5-16(21)6-4-15)13-20(17)23-10-8-22-9-11-23;1-2-3/h2-7,12,18,20,22H,8-11,13H2,1H3;3H,2H2,1H3. The van der Waals surface area contributed by atoms with Gasteiger partial charge in [0, 0.05) is 44.7 Å². The summed E-state index contributed by atoms with van der Waals surface area (Å²) in [5.74, 6) is 0.222. The Morgan fingerprint density at radius 3 is 2.38 bits per heavy atom. The molecule has 4 rings (SSSR count). The summed E-state index contributed by atoms with van der Waals surface area (Å²) in [5, 5.41) is 11.0. The first-order valence-electron chi connectivity index (χ1n) is 9.55. The number of hydrogen-bond acceptors (Lipinski definition) is 3. The second-order valence-corrected chi connectivity index (χ2v) is 7.09. The van der Waals surface area contributed by atoms with Crippen molar-refractivity contribution in [2.75, 3.05) is 32.8 Å². The maximum absolute atomic E-state index is 13.3. The molecule has 0 amide bonds. The molecule has 2 aliphatic rings. The van der Waals surface area contributed by atoms with Crippen molar-refractivity contribution in [2.45, 2.75) is 32.2 Å². The maximum Gasteiger partial charge on any atom is 0.123 e. The van der Waals surface area contributed by atoms with Gasteiger partial charge in [0.1, 0.15) is 5.82 Å². The Morgan fingerprint density at radius 1 is 1.08 bits per heavy atom. The summed E-state index contributed by atoms with van der Waals surface area (Å²) in [6.45, 7) is 8.43. The number of benzene rings is 2. The molecule has 1 fully saturated rings. The van der Waals surface area contributed by atoms with Crippen LogP contribution in [0.5, 0.6) is 0 Å². The predicted molar refractivity (Wildman–Crippen MR) is 104 cm³/mol. The predicted octanol–water partition coefficient (Wildman–Crippen LogP) is 3.61. The molecule has 0 aromatic heterocycles. The van der Waals surface area contributed by atoms with Crippen LogP contribution in [0.1, 0.15) is 47.6 Å². The zero-order chi connectivity index (χ0) is 18.5. The molecule has 4 heteroatoms. The van der Waals surface area contributed by atoms with E-state index in [1.807, 2.05) is 12.1 Å². The number of rotatable bonds is 2. The van der Waals surface area contributed by atoms with Crippen LogP contribution in [-0.2, 0) is 0 Å². The molecule has 1 aliphatic carbocycles. The first-order chi connectivity index (χ1) is 12.6. The molecule has 140 valence electrons. The summed E-state index contributed by atoms with van der Waals surface area (Å²) in [4.78, 5) is 2.61. The van der Waals surface area contributed by atoms with Gasteiger partial charge in [-0.2, -0.15) is 0 Å². The number of piperazine rings is 1. The zero-order valence-electron chi connectivity index (χ0n) is 15.7. The third-order valence-corrected chi connectivity index (χ3v) is 5.30. The van der Waals surface area contributed by atoms with Crippen LogP contribution in [0.25, 0.3) is 0 Å². The number of nitrogens with zero attached hydrogens (tertiary/aromatic N) is 1. The number of aliphatic hydroxyl groups excluding tert-OH is 1. The van der Waals surface area contributed by atoms with Crippen LogP contribution >= 0.6 is 0 Å². The normalized spacial score (nSPS) is 22.5. The fourth-order valence-corrected chi connectivity index (χ4v) is 4.13. The quantitative estimate of drug-likeness (QED) is 0.863. The van der Waals surface area contributed by atoms with Gasteiger partial charge in [-0.15, -0.1) is 0 Å². The zero-order valence-corrected chi connectivity index (χ0v) is 15.7. The van der Waals surface area contributed by atoms with E-state index in [4.69, 9.17) is 5.11 Å². The monoisotopic (exact) mass is 356 g/mol. The van der Waals surface area contributed by atoms with Crippen LogP contribution < -0.4 is 5.32 Å². The average Bonchev–Trinajstić information content (AvgIpc) is 3.02. The van der Waals surface area contributed by atoms with Gasteiger partial charge in [-0.1, -0.05) is 35.9 Å². The lowest BCUT2D eigenvalue weighted by atomic mass is 9.92. The van der Waals surface area contributed by atoms with Gasteiger partial charge in [0.05, 0.1) is 0 Å². The van der Waals surface area contributed by atoms with Gasteiger partial charge in [0.25, 0.3) is 0 Å². The van der Waals surface area contributed by atoms with E-state index >= 15 is 0 Å². The van der Waals surface area contributed by atoms with Gasteiger partial charge < -0.3 is 10.4 Å². The van der Waals surface area contributed by atoms with Gasteiger partial charge in [-0.3, -0.25) is 4.90 Å². The van der Waals surface area contributed by atoms with Crippen molar-refractivity contribution in [1.82, 2.24) is 10.2 Å². The topological polar surface area (TPSA) is 35.5 Å². The van der Waals surface area contributed by atoms with E-state index in [0.717, 1.165) is 32.6 Å². The fourth-order valence-electron chi connectivity index (χ4n) is 4.13. The number of halogens is 1. The highest BCUT2D eigenvalue weighted by atomic mass is 19.1. The largest absolute Gasteiger partial charge is 0.397 e. The third-order valence-electron chi connectivity index (χ3n) is 5.30. The van der Waals surface area contributed by atoms with Crippen molar-refractivity contribution in [3.8, 4) is 0 Å². The van der Waals surface area contributed by atoms with E-state index in [-0.39, 0.29) is 12.4 Å². The summed E-state index contributed by atoms with van der Waals surface area (Å²) in [6, 6.07) is 14.4. The lowest BCUT2D eigenvalue weighted by Crippen LogP contribution is -2.44. The number of aryl methyl sites for hydroxylation is 1. The van der Waals surface area contributed by atoms with Crippen molar-refractivity contribution >= 4 is 0 Å². The molecule has 1 heterocycles. The van der Waals surface area contributed by atoms with Crippen molar-refractivity contribution in [2.24, 2.45) is 0 Å². The lowest BCUT2D eigenvalue weighted by molar-refractivity contribution is 0.171. The Morgan fingerprint density at radius 2 is 1.73 bits per heavy atom. The van der Waals surface area contributed by atoms with Crippen molar-refractivity contribution in [3.63, 3.8) is 0 Å². The molecule has 3 nitrogen and oxygen atoms in total. The number of hydrogen-bond donors (Lipinski definition) is 2. The van der Waals surface area contributed by atoms with Crippen molar-refractivity contribution < 1.29 is 9.50 Å². The molecule has 2 atom stereocenters. The molecule has 2 N–H and O–H groups in total. The minimum atomic E-state index is -0.158. The summed E-state index contributed by atoms with van der Waals surface area (Å²) in [5.41, 5.74) is 5.43. The summed E-state index contributed by atoms with van der Waals surface area (Å²) >= 11 is 0. The molecule has 2 unspecified atom stereocenters. The van der Waals surface area contributed by atoms with E-state index < -0.39 is 0 Å². The minimum Gasteiger partial charge on any atom is -0.397 e. The highest BCUT2D eigenvalue weighted by Crippen LogP contribution is 2.47. The van der Waals surface area contributed by atoms with Crippen LogP contribution in [0.15, 0.2) is 42.5 Å². The van der Waals surface area contributed by atoms with Gasteiger partial charge >= 0.3 is 0 Å². The Hall–Kier alpha value is -1.75. The molecule has 0 spiro atoms. The second-order valence-electron chi connectivity index (χ2n) is 7.09. The van der Waals surface area contributed by atoms with E-state index in [1.54, 1.807) is 19.1 Å². The Labute approximate surface area is 155 Å². The van der Waals surface area contributed by atoms with Crippen LogP contribution in [0.4, 0.5) is 4.39 Å². The van der Waals surface area contributed by atoms with Crippen LogP contribution in [0, 0.1) is 12.7 Å². The molecule has 2 aromatic carbocycles. The number of nitrogens with one attached hydrogen (secondary N) is 1. The van der Waals surface area contributed by atoms with E-state index in [0.29, 0.717) is 12.0 Å². The van der Waals surface area contributed by atoms with Gasteiger partial charge in [0.15, 0.2) is 0 Å². The first-order valence-corrected chi connectivity index (χ1v) is 9.55. The number of fused-ring (bicyclic) bond motifs is 1. The summed E-state index contributed by atoms with van der Waals surface area (Å²) < 4.78 is 13.3. The van der Waals surface area contributed by atoms with Crippen LogP contribution in [0.2, 0.25) is 0 Å². The third kappa shape index (κ3) is 4.14. The first kappa shape index (κ1) is 19.0. The Kier molecular flexibility index (Phi) is 6.41. The average molecular weight is 356 g/mol. The SMILES string of the molecule is CCO.Cc1ccc2c(c1)C(c1ccc(F)cc1)CC2N1CCNCC1. The van der Waals surface area contributed by atoms with Crippen LogP contribution in [-0.4, -0.2) is 42.8 Å². The van der Waals surface area contributed by atoms with Gasteiger partial charge in [0.2, 0.25) is 0 Å². The van der Waals surface area contributed by atoms with Crippen molar-refractivity contribution in [3.05, 3.63) is 70.5 Å². The van der Waals surface area contributed by atoms with Crippen molar-refractivity contribution in [1.29, 1.82) is 0 Å². The Balaban J connectivity index is 0.000000613. The molecule has 0 saturated carbocycles. The van der Waals surface area contributed by atoms with E-state index in [2.05, 4.69) is 35.3 Å². The minimum absolute atomic E-state index is 0.158. The molecular weight excluding hydrogens is 327 g/mol. The fraction of sp³-hybridized carbons (Fsp3) is 0.455. The highest BCUT2D eigenvalue weighted by molar-refractivity contribution is 5.46. The van der Waals surface area contributed by atoms with Gasteiger partial charge in [-0.25, -0.2) is 4.39 Å². The Bertz CT molecular complexity index is 711. The molecule has 26 heavy (non-hydrogen) atoms. The molecule has 0 bridgehead atoms. The van der Waals surface area contributed by atoms with E-state index in [1.165, 1.54) is 22.3 Å².